The molecule has 6 heteroatoms. The van der Waals surface area contributed by atoms with E-state index in [1.54, 1.807) is 6.07 Å². The number of rotatable bonds is 4. The number of hydrogen-bond acceptors (Lipinski definition) is 3. The molecule has 2 aromatic rings. The molecule has 108 valence electrons. The molecule has 2 N–H and O–H groups in total. The van der Waals surface area contributed by atoms with Gasteiger partial charge >= 0.3 is 0 Å². The lowest BCUT2D eigenvalue weighted by atomic mass is 10.1. The van der Waals surface area contributed by atoms with E-state index in [2.05, 4.69) is 5.32 Å². The second-order valence-corrected chi connectivity index (χ2v) is 4.78. The van der Waals surface area contributed by atoms with Crippen molar-refractivity contribution in [2.45, 2.75) is 6.10 Å². The number of benzene rings is 2. The van der Waals surface area contributed by atoms with E-state index in [0.717, 1.165) is 18.2 Å². The van der Waals surface area contributed by atoms with Crippen molar-refractivity contribution in [3.05, 3.63) is 64.2 Å². The molecule has 0 amide bonds. The van der Waals surface area contributed by atoms with Crippen LogP contribution < -0.4 is 5.32 Å². The summed E-state index contributed by atoms with van der Waals surface area (Å²) in [6.07, 6.45) is -1.21. The molecule has 0 bridgehead atoms. The molecule has 0 aliphatic heterocycles. The van der Waals surface area contributed by atoms with E-state index in [0.29, 0.717) is 11.3 Å². The highest BCUT2D eigenvalue weighted by Crippen LogP contribution is 2.22. The maximum absolute atomic E-state index is 13.5. The van der Waals surface area contributed by atoms with Gasteiger partial charge in [-0.3, -0.25) is 0 Å². The van der Waals surface area contributed by atoms with Crippen LogP contribution in [0.15, 0.2) is 36.4 Å². The van der Waals surface area contributed by atoms with Gasteiger partial charge < -0.3 is 10.4 Å². The Balaban J connectivity index is 2.07. The number of anilines is 1. The van der Waals surface area contributed by atoms with Crippen LogP contribution in [-0.4, -0.2) is 11.7 Å². The first kappa shape index (κ1) is 15.2. The van der Waals surface area contributed by atoms with Crippen molar-refractivity contribution in [3.63, 3.8) is 0 Å². The largest absolute Gasteiger partial charge is 0.386 e. The summed E-state index contributed by atoms with van der Waals surface area (Å²) in [5.74, 6) is -1.30. The SMILES string of the molecule is N#Cc1ccc(NCC(O)c2cc(F)ccc2F)cc1Cl. The summed E-state index contributed by atoms with van der Waals surface area (Å²) >= 11 is 5.87. The number of aliphatic hydroxyl groups excluding tert-OH is 1. The normalized spacial score (nSPS) is 11.8. The Hall–Kier alpha value is -2.16. The number of halogens is 3. The minimum Gasteiger partial charge on any atom is -0.386 e. The molecule has 1 unspecified atom stereocenters. The first-order chi connectivity index (χ1) is 10.0. The van der Waals surface area contributed by atoms with Crippen LogP contribution in [0.1, 0.15) is 17.2 Å². The molecule has 2 aromatic carbocycles. The highest BCUT2D eigenvalue weighted by Gasteiger charge is 2.14. The lowest BCUT2D eigenvalue weighted by Crippen LogP contribution is -2.13. The average Bonchev–Trinajstić information content (AvgIpc) is 2.47. The molecule has 0 saturated carbocycles. The van der Waals surface area contributed by atoms with Crippen molar-refractivity contribution in [1.82, 2.24) is 0 Å². The summed E-state index contributed by atoms with van der Waals surface area (Å²) in [5.41, 5.74) is 0.774. The monoisotopic (exact) mass is 308 g/mol. The molecule has 0 aliphatic rings. The van der Waals surface area contributed by atoms with Gasteiger partial charge in [0.2, 0.25) is 0 Å². The third-order valence-electron chi connectivity index (χ3n) is 2.91. The number of hydrogen-bond donors (Lipinski definition) is 2. The van der Waals surface area contributed by atoms with E-state index in [-0.39, 0.29) is 17.1 Å². The van der Waals surface area contributed by atoms with Crippen LogP contribution in [0.4, 0.5) is 14.5 Å². The van der Waals surface area contributed by atoms with Crippen LogP contribution in [0, 0.1) is 23.0 Å². The van der Waals surface area contributed by atoms with E-state index in [1.807, 2.05) is 6.07 Å². The van der Waals surface area contributed by atoms with Crippen LogP contribution in [0.3, 0.4) is 0 Å². The Labute approximate surface area is 125 Å². The molecular weight excluding hydrogens is 298 g/mol. The van der Waals surface area contributed by atoms with E-state index >= 15 is 0 Å². The fraction of sp³-hybridized carbons (Fsp3) is 0.133. The first-order valence-corrected chi connectivity index (χ1v) is 6.45. The number of nitrogens with one attached hydrogen (secondary N) is 1. The van der Waals surface area contributed by atoms with Crippen LogP contribution in [-0.2, 0) is 0 Å². The van der Waals surface area contributed by atoms with Crippen LogP contribution >= 0.6 is 11.6 Å². The number of nitrogens with zero attached hydrogens (tertiary/aromatic N) is 1. The molecule has 0 saturated heterocycles. The molecule has 0 fully saturated rings. The lowest BCUT2D eigenvalue weighted by molar-refractivity contribution is 0.186. The van der Waals surface area contributed by atoms with Crippen molar-refractivity contribution in [2.75, 3.05) is 11.9 Å². The maximum atomic E-state index is 13.5. The average molecular weight is 309 g/mol. The Morgan fingerprint density at radius 3 is 2.67 bits per heavy atom. The van der Waals surface area contributed by atoms with Crippen LogP contribution in [0.5, 0.6) is 0 Å². The molecule has 1 atom stereocenters. The zero-order valence-corrected chi connectivity index (χ0v) is 11.5. The van der Waals surface area contributed by atoms with Gasteiger partial charge in [-0.1, -0.05) is 11.6 Å². The summed E-state index contributed by atoms with van der Waals surface area (Å²) in [6, 6.07) is 9.49. The quantitative estimate of drug-likeness (QED) is 0.906. The van der Waals surface area contributed by atoms with E-state index in [4.69, 9.17) is 16.9 Å². The van der Waals surface area contributed by atoms with Gasteiger partial charge in [-0.2, -0.15) is 5.26 Å². The molecule has 2 rings (SSSR count). The molecule has 0 heterocycles. The molecule has 0 radical (unpaired) electrons. The van der Waals surface area contributed by atoms with Gasteiger partial charge in [0, 0.05) is 17.8 Å². The van der Waals surface area contributed by atoms with Gasteiger partial charge in [0.05, 0.1) is 16.7 Å². The fourth-order valence-electron chi connectivity index (χ4n) is 1.81. The van der Waals surface area contributed by atoms with Gasteiger partial charge in [0.15, 0.2) is 0 Å². The standard InChI is InChI=1S/C15H11ClF2N2O/c16-13-6-11(3-1-9(13)7-19)20-8-15(21)12-5-10(17)2-4-14(12)18/h1-6,15,20-21H,8H2. The second-order valence-electron chi connectivity index (χ2n) is 4.37. The Kier molecular flexibility index (Phi) is 4.73. The molecule has 21 heavy (non-hydrogen) atoms. The van der Waals surface area contributed by atoms with E-state index in [1.165, 1.54) is 12.1 Å². The molecule has 0 spiro atoms. The maximum Gasteiger partial charge on any atom is 0.129 e. The molecular formula is C15H11ClF2N2O. The van der Waals surface area contributed by atoms with Crippen molar-refractivity contribution in [1.29, 1.82) is 5.26 Å². The summed E-state index contributed by atoms with van der Waals surface area (Å²) in [4.78, 5) is 0. The van der Waals surface area contributed by atoms with Gasteiger partial charge in [-0.25, -0.2) is 8.78 Å². The molecule has 0 aromatic heterocycles. The minimum absolute atomic E-state index is 0.0252. The number of aliphatic hydroxyl groups is 1. The zero-order chi connectivity index (χ0) is 15.4. The third kappa shape index (κ3) is 3.69. The van der Waals surface area contributed by atoms with Gasteiger partial charge in [0.1, 0.15) is 17.7 Å². The third-order valence-corrected chi connectivity index (χ3v) is 3.22. The van der Waals surface area contributed by atoms with E-state index < -0.39 is 17.7 Å². The zero-order valence-electron chi connectivity index (χ0n) is 10.8. The summed E-state index contributed by atoms with van der Waals surface area (Å²) in [5, 5.41) is 21.8. The summed E-state index contributed by atoms with van der Waals surface area (Å²) in [6.45, 7) is -0.0252. The van der Waals surface area contributed by atoms with Crippen LogP contribution in [0.2, 0.25) is 5.02 Å². The predicted octanol–water partition coefficient (Wildman–Crippen LogP) is 3.64. The second kappa shape index (κ2) is 6.53. The minimum atomic E-state index is -1.21. The fourth-order valence-corrected chi connectivity index (χ4v) is 2.03. The Morgan fingerprint density at radius 2 is 2.00 bits per heavy atom. The smallest absolute Gasteiger partial charge is 0.129 e. The van der Waals surface area contributed by atoms with Crippen molar-refractivity contribution in [2.24, 2.45) is 0 Å². The van der Waals surface area contributed by atoms with Crippen LogP contribution in [0.25, 0.3) is 0 Å². The Morgan fingerprint density at radius 1 is 1.24 bits per heavy atom. The van der Waals surface area contributed by atoms with E-state index in [9.17, 15) is 13.9 Å². The summed E-state index contributed by atoms with van der Waals surface area (Å²) in [7, 11) is 0. The van der Waals surface area contributed by atoms with Crippen molar-refractivity contribution in [3.8, 4) is 6.07 Å². The lowest BCUT2D eigenvalue weighted by Gasteiger charge is -2.14. The summed E-state index contributed by atoms with van der Waals surface area (Å²) < 4.78 is 26.6. The van der Waals surface area contributed by atoms with Gasteiger partial charge in [-0.05, 0) is 36.4 Å². The first-order valence-electron chi connectivity index (χ1n) is 6.08. The van der Waals surface area contributed by atoms with Gasteiger partial charge in [-0.15, -0.1) is 0 Å². The topological polar surface area (TPSA) is 56.0 Å². The van der Waals surface area contributed by atoms with Crippen molar-refractivity contribution < 1.29 is 13.9 Å². The molecule has 0 aliphatic carbocycles. The highest BCUT2D eigenvalue weighted by atomic mass is 35.5. The highest BCUT2D eigenvalue weighted by molar-refractivity contribution is 6.32. The predicted molar refractivity (Wildman–Crippen MR) is 76.0 cm³/mol. The molecule has 3 nitrogen and oxygen atoms in total. The van der Waals surface area contributed by atoms with Gasteiger partial charge in [0.25, 0.3) is 0 Å². The number of nitriles is 1. The van der Waals surface area contributed by atoms with Crippen molar-refractivity contribution >= 4 is 17.3 Å². The Bertz CT molecular complexity index is 701.